The third-order valence-corrected chi connectivity index (χ3v) is 4.55. The molecule has 0 amide bonds. The van der Waals surface area contributed by atoms with Gasteiger partial charge in [-0.3, -0.25) is 24.0 Å². The molecule has 146 valence electrons. The Morgan fingerprint density at radius 1 is 1.11 bits per heavy atom. The quantitative estimate of drug-likeness (QED) is 0.522. The van der Waals surface area contributed by atoms with Gasteiger partial charge in [-0.05, 0) is 17.5 Å². The molecule has 0 aliphatic heterocycles. The molecule has 0 atom stereocenters. The van der Waals surface area contributed by atoms with Crippen molar-refractivity contribution >= 4 is 22.3 Å². The highest BCUT2D eigenvalue weighted by molar-refractivity contribution is 5.96. The highest BCUT2D eigenvalue weighted by atomic mass is 16.6. The number of anilines is 1. The highest BCUT2D eigenvalue weighted by Crippen LogP contribution is 2.31. The van der Waals surface area contributed by atoms with Crippen LogP contribution in [0.15, 0.2) is 52.1 Å². The molecule has 0 fully saturated rings. The van der Waals surface area contributed by atoms with Crippen LogP contribution >= 0.6 is 0 Å². The molecule has 1 aromatic heterocycles. The Hall–Kier alpha value is -3.42. The second-order valence-electron chi connectivity index (χ2n) is 7.10. The van der Waals surface area contributed by atoms with Gasteiger partial charge in [-0.15, -0.1) is 0 Å². The van der Waals surface area contributed by atoms with E-state index in [4.69, 9.17) is 0 Å². The average Bonchev–Trinajstić information content (AvgIpc) is 2.67. The third kappa shape index (κ3) is 3.53. The maximum absolute atomic E-state index is 12.9. The van der Waals surface area contributed by atoms with Crippen LogP contribution in [-0.4, -0.2) is 14.1 Å². The highest BCUT2D eigenvalue weighted by Gasteiger charge is 2.23. The van der Waals surface area contributed by atoms with Gasteiger partial charge in [0.2, 0.25) is 0 Å². The van der Waals surface area contributed by atoms with Crippen LogP contribution < -0.4 is 16.6 Å². The van der Waals surface area contributed by atoms with Crippen LogP contribution in [0.2, 0.25) is 0 Å². The number of hydrogen-bond acceptors (Lipinski definition) is 5. The fourth-order valence-electron chi connectivity index (χ4n) is 3.22. The Morgan fingerprint density at radius 3 is 2.39 bits per heavy atom. The first-order valence-electron chi connectivity index (χ1n) is 9.00. The predicted molar refractivity (Wildman–Crippen MR) is 109 cm³/mol. The standard InChI is InChI=1S/C20H22N4O4/c1-13(2)12-23-15-9-10-16(24(27)28)18(17(15)19(25)22(3)20(23)26)21-11-14-7-5-4-6-8-14/h4-10,13,21H,11-12H2,1-3H3. The van der Waals surface area contributed by atoms with Crippen molar-refractivity contribution in [2.75, 3.05) is 5.32 Å². The summed E-state index contributed by atoms with van der Waals surface area (Å²) in [5, 5.41) is 14.8. The number of nitro benzene ring substituents is 1. The number of nitro groups is 1. The molecule has 2 aromatic carbocycles. The second kappa shape index (κ2) is 7.67. The molecule has 0 spiro atoms. The molecule has 3 aromatic rings. The molecule has 1 heterocycles. The molecule has 0 aliphatic carbocycles. The lowest BCUT2D eigenvalue weighted by atomic mass is 10.1. The molecule has 0 bridgehead atoms. The fourth-order valence-corrected chi connectivity index (χ4v) is 3.22. The van der Waals surface area contributed by atoms with Gasteiger partial charge in [0.25, 0.3) is 11.2 Å². The lowest BCUT2D eigenvalue weighted by molar-refractivity contribution is -0.383. The summed E-state index contributed by atoms with van der Waals surface area (Å²) in [6.07, 6.45) is 0. The normalized spacial score (nSPS) is 11.1. The Morgan fingerprint density at radius 2 is 1.79 bits per heavy atom. The van der Waals surface area contributed by atoms with E-state index in [2.05, 4.69) is 5.32 Å². The van der Waals surface area contributed by atoms with Crippen LogP contribution in [0.5, 0.6) is 0 Å². The topological polar surface area (TPSA) is 99.2 Å². The monoisotopic (exact) mass is 382 g/mol. The average molecular weight is 382 g/mol. The molecule has 0 saturated heterocycles. The molecule has 0 radical (unpaired) electrons. The summed E-state index contributed by atoms with van der Waals surface area (Å²) in [6.45, 7) is 4.64. The molecular formula is C20H22N4O4. The van der Waals surface area contributed by atoms with Gasteiger partial charge in [-0.25, -0.2) is 4.79 Å². The van der Waals surface area contributed by atoms with E-state index in [9.17, 15) is 19.7 Å². The number of fused-ring (bicyclic) bond motifs is 1. The zero-order valence-corrected chi connectivity index (χ0v) is 16.0. The summed E-state index contributed by atoms with van der Waals surface area (Å²) < 4.78 is 2.50. The largest absolute Gasteiger partial charge is 0.375 e. The van der Waals surface area contributed by atoms with Crippen molar-refractivity contribution in [2.24, 2.45) is 13.0 Å². The molecule has 0 unspecified atom stereocenters. The first kappa shape index (κ1) is 19.3. The van der Waals surface area contributed by atoms with Crippen molar-refractivity contribution in [3.63, 3.8) is 0 Å². The summed E-state index contributed by atoms with van der Waals surface area (Å²) in [6, 6.07) is 12.2. The third-order valence-electron chi connectivity index (χ3n) is 4.55. The zero-order chi connectivity index (χ0) is 20.4. The van der Waals surface area contributed by atoms with Crippen LogP contribution in [0.25, 0.3) is 10.9 Å². The van der Waals surface area contributed by atoms with Gasteiger partial charge in [0.15, 0.2) is 0 Å². The van der Waals surface area contributed by atoms with E-state index in [1.165, 1.54) is 23.7 Å². The predicted octanol–water partition coefficient (Wildman–Crippen LogP) is 2.88. The summed E-state index contributed by atoms with van der Waals surface area (Å²) >= 11 is 0. The van der Waals surface area contributed by atoms with E-state index < -0.39 is 16.2 Å². The van der Waals surface area contributed by atoms with Crippen molar-refractivity contribution in [1.29, 1.82) is 0 Å². The number of hydrogen-bond donors (Lipinski definition) is 1. The SMILES string of the molecule is CC(C)Cn1c(=O)n(C)c(=O)c2c(NCc3ccccc3)c([N+](=O)[O-])ccc21. The number of nitrogens with zero attached hydrogens (tertiary/aromatic N) is 3. The molecule has 0 aliphatic rings. The molecule has 8 heteroatoms. The minimum Gasteiger partial charge on any atom is -0.375 e. The van der Waals surface area contributed by atoms with Gasteiger partial charge in [0.05, 0.1) is 15.8 Å². The second-order valence-corrected chi connectivity index (χ2v) is 7.10. The number of aromatic nitrogens is 2. The molecule has 1 N–H and O–H groups in total. The Kier molecular flexibility index (Phi) is 5.30. The fraction of sp³-hybridized carbons (Fsp3) is 0.300. The van der Waals surface area contributed by atoms with E-state index in [-0.39, 0.29) is 22.7 Å². The minimum absolute atomic E-state index is 0.129. The number of nitrogens with one attached hydrogen (secondary N) is 1. The van der Waals surface area contributed by atoms with Gasteiger partial charge >= 0.3 is 5.69 Å². The van der Waals surface area contributed by atoms with E-state index in [0.29, 0.717) is 18.6 Å². The first-order valence-corrected chi connectivity index (χ1v) is 9.00. The van der Waals surface area contributed by atoms with Crippen LogP contribution in [0.3, 0.4) is 0 Å². The van der Waals surface area contributed by atoms with Gasteiger partial charge in [-0.1, -0.05) is 44.2 Å². The molecule has 28 heavy (non-hydrogen) atoms. The first-order chi connectivity index (χ1) is 13.3. The lowest BCUT2D eigenvalue weighted by Crippen LogP contribution is -2.39. The van der Waals surface area contributed by atoms with Gasteiger partial charge in [0.1, 0.15) is 5.69 Å². The van der Waals surface area contributed by atoms with E-state index in [1.807, 2.05) is 44.2 Å². The van der Waals surface area contributed by atoms with E-state index >= 15 is 0 Å². The van der Waals surface area contributed by atoms with Crippen molar-refractivity contribution in [3.05, 3.63) is 79.0 Å². The maximum Gasteiger partial charge on any atom is 0.331 e. The van der Waals surface area contributed by atoms with Crippen molar-refractivity contribution in [1.82, 2.24) is 9.13 Å². The van der Waals surface area contributed by atoms with Crippen LogP contribution in [0.4, 0.5) is 11.4 Å². The van der Waals surface area contributed by atoms with Crippen molar-refractivity contribution in [3.8, 4) is 0 Å². The minimum atomic E-state index is -0.556. The van der Waals surface area contributed by atoms with Gasteiger partial charge in [-0.2, -0.15) is 0 Å². The van der Waals surface area contributed by atoms with Crippen LogP contribution in [0.1, 0.15) is 19.4 Å². The maximum atomic E-state index is 12.9. The summed E-state index contributed by atoms with van der Waals surface area (Å²) in [5.74, 6) is 0.161. The van der Waals surface area contributed by atoms with E-state index in [1.54, 1.807) is 0 Å². The van der Waals surface area contributed by atoms with Crippen LogP contribution in [-0.2, 0) is 20.1 Å². The molecule has 0 saturated carbocycles. The number of benzene rings is 2. The number of rotatable bonds is 6. The van der Waals surface area contributed by atoms with Gasteiger partial charge < -0.3 is 5.32 Å². The Balaban J connectivity index is 2.28. The van der Waals surface area contributed by atoms with E-state index in [0.717, 1.165) is 10.1 Å². The van der Waals surface area contributed by atoms with Crippen LogP contribution in [0, 0.1) is 16.0 Å². The molecule has 3 rings (SSSR count). The molecule has 8 nitrogen and oxygen atoms in total. The summed E-state index contributed by atoms with van der Waals surface area (Å²) in [4.78, 5) is 36.6. The lowest BCUT2D eigenvalue weighted by Gasteiger charge is -2.16. The molecular weight excluding hydrogens is 360 g/mol. The van der Waals surface area contributed by atoms with Crippen molar-refractivity contribution < 1.29 is 4.92 Å². The summed E-state index contributed by atoms with van der Waals surface area (Å²) in [7, 11) is 1.39. The smallest absolute Gasteiger partial charge is 0.331 e. The van der Waals surface area contributed by atoms with Crippen molar-refractivity contribution in [2.45, 2.75) is 26.9 Å². The zero-order valence-electron chi connectivity index (χ0n) is 16.0. The Bertz CT molecular complexity index is 1150. The summed E-state index contributed by atoms with van der Waals surface area (Å²) in [5.41, 5.74) is 0.247. The Labute approximate surface area is 161 Å². The van der Waals surface area contributed by atoms with Gasteiger partial charge in [0, 0.05) is 26.2 Å².